The molecule has 0 aliphatic heterocycles. The van der Waals surface area contributed by atoms with E-state index in [1.54, 1.807) is 0 Å². The molecule has 14 heavy (non-hydrogen) atoms. The van der Waals surface area contributed by atoms with E-state index in [4.69, 9.17) is 5.11 Å². The van der Waals surface area contributed by atoms with Crippen molar-refractivity contribution in [2.75, 3.05) is 13.2 Å². The predicted molar refractivity (Wildman–Crippen MR) is 59.9 cm³/mol. The average Bonchev–Trinajstić information content (AvgIpc) is 2.26. The molecule has 0 spiro atoms. The van der Waals surface area contributed by atoms with Crippen LogP contribution in [0, 0.1) is 0 Å². The molecule has 2 heteroatoms. The van der Waals surface area contributed by atoms with Gasteiger partial charge in [-0.1, -0.05) is 31.7 Å². The summed E-state index contributed by atoms with van der Waals surface area (Å²) in [6.07, 6.45) is 1.03. The Hall–Kier alpha value is -1.28. The fraction of sp³-hybridized carbons (Fsp3) is 0.333. The van der Waals surface area contributed by atoms with Gasteiger partial charge >= 0.3 is 0 Å². The molecule has 2 N–H and O–H groups in total. The molecule has 2 nitrogen and oxygen atoms in total. The van der Waals surface area contributed by atoms with Gasteiger partial charge in [0.15, 0.2) is 0 Å². The minimum absolute atomic E-state index is 0.131. The van der Waals surface area contributed by atoms with Gasteiger partial charge in [0.05, 0.1) is 6.61 Å². The highest BCUT2D eigenvalue weighted by Crippen LogP contribution is 2.11. The smallest absolute Gasteiger partial charge is 0.0604 e. The van der Waals surface area contributed by atoms with Crippen molar-refractivity contribution < 1.29 is 5.11 Å². The zero-order chi connectivity index (χ0) is 10.4. The average molecular weight is 191 g/mol. The van der Waals surface area contributed by atoms with Gasteiger partial charge in [0.2, 0.25) is 0 Å². The van der Waals surface area contributed by atoms with Crippen molar-refractivity contribution in [1.82, 2.24) is 5.32 Å². The number of aliphatic hydroxyl groups is 1. The van der Waals surface area contributed by atoms with E-state index in [9.17, 15) is 0 Å². The van der Waals surface area contributed by atoms with Crippen molar-refractivity contribution >= 4 is 5.70 Å². The highest BCUT2D eigenvalue weighted by molar-refractivity contribution is 5.62. The van der Waals surface area contributed by atoms with Crippen molar-refractivity contribution in [3.05, 3.63) is 42.0 Å². The quantitative estimate of drug-likeness (QED) is 0.744. The van der Waals surface area contributed by atoms with Crippen LogP contribution in [-0.2, 0) is 6.42 Å². The third-order valence-electron chi connectivity index (χ3n) is 2.13. The second-order valence-corrected chi connectivity index (χ2v) is 3.18. The maximum atomic E-state index is 8.66. The summed E-state index contributed by atoms with van der Waals surface area (Å²) in [5, 5.41) is 11.7. The minimum Gasteiger partial charge on any atom is -0.395 e. The van der Waals surface area contributed by atoms with Crippen LogP contribution in [0.2, 0.25) is 0 Å². The van der Waals surface area contributed by atoms with Crippen LogP contribution in [0.25, 0.3) is 5.70 Å². The Morgan fingerprint density at radius 1 is 1.50 bits per heavy atom. The van der Waals surface area contributed by atoms with Crippen molar-refractivity contribution in [2.24, 2.45) is 0 Å². The number of nitrogens with one attached hydrogen (secondary N) is 1. The molecule has 0 bridgehead atoms. The SMILES string of the molecule is C=C(NCCO)c1cccc(CC)c1. The third kappa shape index (κ3) is 2.89. The summed E-state index contributed by atoms with van der Waals surface area (Å²) in [7, 11) is 0. The number of rotatable bonds is 5. The Balaban J connectivity index is 2.69. The van der Waals surface area contributed by atoms with Crippen LogP contribution in [-0.4, -0.2) is 18.3 Å². The van der Waals surface area contributed by atoms with Crippen LogP contribution in [0.1, 0.15) is 18.1 Å². The fourth-order valence-corrected chi connectivity index (χ4v) is 1.29. The first-order chi connectivity index (χ1) is 6.77. The van der Waals surface area contributed by atoms with Crippen LogP contribution in [0.15, 0.2) is 30.8 Å². The second kappa shape index (κ2) is 5.45. The van der Waals surface area contributed by atoms with Gasteiger partial charge in [0, 0.05) is 12.2 Å². The molecular weight excluding hydrogens is 174 g/mol. The number of hydrogen-bond acceptors (Lipinski definition) is 2. The van der Waals surface area contributed by atoms with Crippen LogP contribution in [0.5, 0.6) is 0 Å². The predicted octanol–water partition coefficient (Wildman–Crippen LogP) is 1.80. The van der Waals surface area contributed by atoms with Gasteiger partial charge in [-0.2, -0.15) is 0 Å². The molecule has 0 unspecified atom stereocenters. The molecule has 0 aliphatic rings. The largest absolute Gasteiger partial charge is 0.395 e. The van der Waals surface area contributed by atoms with E-state index in [0.717, 1.165) is 17.7 Å². The van der Waals surface area contributed by atoms with Gasteiger partial charge < -0.3 is 10.4 Å². The van der Waals surface area contributed by atoms with Gasteiger partial charge in [0.25, 0.3) is 0 Å². The molecule has 1 rings (SSSR count). The lowest BCUT2D eigenvalue weighted by atomic mass is 10.1. The van der Waals surface area contributed by atoms with Gasteiger partial charge in [-0.15, -0.1) is 0 Å². The maximum absolute atomic E-state index is 8.66. The van der Waals surface area contributed by atoms with E-state index in [2.05, 4.69) is 31.0 Å². The molecule has 0 aromatic heterocycles. The lowest BCUT2D eigenvalue weighted by Crippen LogP contribution is -2.15. The van der Waals surface area contributed by atoms with Crippen LogP contribution in [0.4, 0.5) is 0 Å². The lowest BCUT2D eigenvalue weighted by Gasteiger charge is -2.09. The first kappa shape index (κ1) is 10.8. The third-order valence-corrected chi connectivity index (χ3v) is 2.13. The highest BCUT2D eigenvalue weighted by Gasteiger charge is 1.98. The topological polar surface area (TPSA) is 32.3 Å². The van der Waals surface area contributed by atoms with Gasteiger partial charge in [-0.05, 0) is 23.6 Å². The minimum atomic E-state index is 0.131. The Kier molecular flexibility index (Phi) is 4.20. The summed E-state index contributed by atoms with van der Waals surface area (Å²) in [5.41, 5.74) is 3.27. The zero-order valence-corrected chi connectivity index (χ0v) is 8.59. The Bertz CT molecular complexity index is 307. The molecule has 0 amide bonds. The molecule has 0 radical (unpaired) electrons. The highest BCUT2D eigenvalue weighted by atomic mass is 16.3. The summed E-state index contributed by atoms with van der Waals surface area (Å²) in [4.78, 5) is 0. The maximum Gasteiger partial charge on any atom is 0.0604 e. The first-order valence-corrected chi connectivity index (χ1v) is 4.91. The molecule has 0 fully saturated rings. The zero-order valence-electron chi connectivity index (χ0n) is 8.59. The van der Waals surface area contributed by atoms with Gasteiger partial charge in [-0.3, -0.25) is 0 Å². The van der Waals surface area contributed by atoms with E-state index in [1.807, 2.05) is 12.1 Å². The Morgan fingerprint density at radius 2 is 2.29 bits per heavy atom. The van der Waals surface area contributed by atoms with Crippen molar-refractivity contribution in [3.63, 3.8) is 0 Å². The molecule has 0 saturated carbocycles. The standard InChI is InChI=1S/C12H17NO/c1-3-11-5-4-6-12(9-11)10(2)13-7-8-14/h4-6,9,13-14H,2-3,7-8H2,1H3. The van der Waals surface area contributed by atoms with E-state index in [-0.39, 0.29) is 6.61 Å². The molecule has 1 aromatic rings. The second-order valence-electron chi connectivity index (χ2n) is 3.18. The van der Waals surface area contributed by atoms with Crippen LogP contribution >= 0.6 is 0 Å². The van der Waals surface area contributed by atoms with E-state index < -0.39 is 0 Å². The first-order valence-electron chi connectivity index (χ1n) is 4.91. The van der Waals surface area contributed by atoms with Gasteiger partial charge in [0.1, 0.15) is 0 Å². The fourth-order valence-electron chi connectivity index (χ4n) is 1.29. The van der Waals surface area contributed by atoms with Crippen LogP contribution < -0.4 is 5.32 Å². The normalized spacial score (nSPS) is 9.86. The van der Waals surface area contributed by atoms with Crippen molar-refractivity contribution in [2.45, 2.75) is 13.3 Å². The summed E-state index contributed by atoms with van der Waals surface area (Å²) in [5.74, 6) is 0. The Morgan fingerprint density at radius 3 is 2.93 bits per heavy atom. The molecule has 76 valence electrons. The molecule has 0 saturated heterocycles. The lowest BCUT2D eigenvalue weighted by molar-refractivity contribution is 0.299. The van der Waals surface area contributed by atoms with E-state index in [0.29, 0.717) is 6.54 Å². The molecular formula is C12H17NO. The molecule has 0 heterocycles. The van der Waals surface area contributed by atoms with E-state index in [1.165, 1.54) is 5.56 Å². The van der Waals surface area contributed by atoms with Crippen molar-refractivity contribution in [1.29, 1.82) is 0 Å². The molecule has 0 aliphatic carbocycles. The van der Waals surface area contributed by atoms with E-state index >= 15 is 0 Å². The molecule has 1 aromatic carbocycles. The molecule has 0 atom stereocenters. The summed E-state index contributed by atoms with van der Waals surface area (Å²) < 4.78 is 0. The summed E-state index contributed by atoms with van der Waals surface area (Å²) in [6, 6.07) is 8.27. The number of aliphatic hydroxyl groups excluding tert-OH is 1. The number of aryl methyl sites for hydroxylation is 1. The number of hydrogen-bond donors (Lipinski definition) is 2. The summed E-state index contributed by atoms with van der Waals surface area (Å²) >= 11 is 0. The van der Waals surface area contributed by atoms with Crippen molar-refractivity contribution in [3.8, 4) is 0 Å². The van der Waals surface area contributed by atoms with Gasteiger partial charge in [-0.25, -0.2) is 0 Å². The number of benzene rings is 1. The summed E-state index contributed by atoms with van der Waals surface area (Å²) in [6.45, 7) is 6.73. The Labute approximate surface area is 85.3 Å². The van der Waals surface area contributed by atoms with Crippen LogP contribution in [0.3, 0.4) is 0 Å². The monoisotopic (exact) mass is 191 g/mol.